The maximum atomic E-state index is 6.23. The van der Waals surface area contributed by atoms with Crippen LogP contribution >= 0.6 is 0 Å². The van der Waals surface area contributed by atoms with Gasteiger partial charge in [-0.3, -0.25) is 15.1 Å². The number of ether oxygens (including phenoxy) is 2. The molecule has 0 spiro atoms. The van der Waals surface area contributed by atoms with Crippen LogP contribution in [0.25, 0.3) is 11.3 Å². The zero-order valence-electron chi connectivity index (χ0n) is 20.0. The van der Waals surface area contributed by atoms with Crippen molar-refractivity contribution in [3.05, 3.63) is 77.5 Å². The van der Waals surface area contributed by atoms with Crippen molar-refractivity contribution in [3.63, 3.8) is 0 Å². The number of hydrogen-bond donors (Lipinski definition) is 1. The van der Waals surface area contributed by atoms with Crippen LogP contribution in [0.1, 0.15) is 41.9 Å². The quantitative estimate of drug-likeness (QED) is 0.489. The van der Waals surface area contributed by atoms with Crippen LogP contribution in [0.15, 0.2) is 60.8 Å². The molecule has 6 heteroatoms. The van der Waals surface area contributed by atoms with Crippen LogP contribution in [0.2, 0.25) is 0 Å². The summed E-state index contributed by atoms with van der Waals surface area (Å²) in [4.78, 5) is 10.9. The molecule has 0 bridgehead atoms. The number of aromatic nitrogens is 1. The summed E-state index contributed by atoms with van der Waals surface area (Å²) in [5.41, 5.74) is 5.58. The summed E-state index contributed by atoms with van der Waals surface area (Å²) >= 11 is 0. The second kappa shape index (κ2) is 10.6. The topological polar surface area (TPSA) is 55.9 Å². The maximum absolute atomic E-state index is 6.23. The molecule has 1 aromatic heterocycles. The molecule has 1 saturated carbocycles. The highest BCUT2D eigenvalue weighted by atomic mass is 16.7. The first-order chi connectivity index (χ1) is 16.7. The molecule has 2 fully saturated rings. The summed E-state index contributed by atoms with van der Waals surface area (Å²) in [6.45, 7) is 2.30. The standard InChI is InChI=1S/C28H33N3O3/c1-32-26-18-23(17-24(28(26)33-2)22-9-6-10-22)25-15-21(11-12-29-25)19-34-31-14-13-30-27(31)16-20-7-4-3-5-8-20/h3-5,7-8,11-12,15,17-18,22,27,30H,6,9-10,13-14,16,19H2,1-2H3/t27-/m1/s1. The predicted molar refractivity (Wildman–Crippen MR) is 133 cm³/mol. The average Bonchev–Trinajstić information content (AvgIpc) is 3.28. The number of nitrogens with zero attached hydrogens (tertiary/aromatic N) is 2. The largest absolute Gasteiger partial charge is 0.493 e. The van der Waals surface area contributed by atoms with Gasteiger partial charge in [0, 0.05) is 36.8 Å². The first kappa shape index (κ1) is 22.8. The lowest BCUT2D eigenvalue weighted by atomic mass is 9.79. The van der Waals surface area contributed by atoms with Crippen molar-refractivity contribution in [1.29, 1.82) is 0 Å². The van der Waals surface area contributed by atoms with Crippen LogP contribution in [0.4, 0.5) is 0 Å². The Kier molecular flexibility index (Phi) is 7.09. The molecule has 0 radical (unpaired) electrons. The highest BCUT2D eigenvalue weighted by Crippen LogP contribution is 2.46. The van der Waals surface area contributed by atoms with Crippen molar-refractivity contribution in [3.8, 4) is 22.8 Å². The molecule has 5 rings (SSSR count). The van der Waals surface area contributed by atoms with E-state index in [-0.39, 0.29) is 6.17 Å². The molecule has 0 unspecified atom stereocenters. The van der Waals surface area contributed by atoms with Crippen molar-refractivity contribution in [1.82, 2.24) is 15.4 Å². The Bertz CT molecular complexity index is 1100. The molecular weight excluding hydrogens is 426 g/mol. The van der Waals surface area contributed by atoms with Crippen LogP contribution in [0.5, 0.6) is 11.5 Å². The van der Waals surface area contributed by atoms with E-state index < -0.39 is 0 Å². The lowest BCUT2D eigenvalue weighted by Crippen LogP contribution is -2.37. The Balaban J connectivity index is 1.31. The molecule has 2 heterocycles. The van der Waals surface area contributed by atoms with Gasteiger partial charge in [-0.25, -0.2) is 0 Å². The van der Waals surface area contributed by atoms with Crippen LogP contribution in [-0.4, -0.2) is 43.5 Å². The summed E-state index contributed by atoms with van der Waals surface area (Å²) in [5.74, 6) is 2.14. The number of rotatable bonds is 9. The SMILES string of the molecule is COc1cc(-c2cc(CON3CCN[C@H]3Cc3ccccc3)ccn2)cc(C2CCC2)c1OC. The first-order valence-electron chi connectivity index (χ1n) is 12.1. The van der Waals surface area contributed by atoms with E-state index in [2.05, 4.69) is 57.8 Å². The van der Waals surface area contributed by atoms with Gasteiger partial charge in [-0.2, -0.15) is 5.06 Å². The fourth-order valence-electron chi connectivity index (χ4n) is 4.81. The molecule has 1 N–H and O–H groups in total. The number of benzene rings is 2. The van der Waals surface area contributed by atoms with Gasteiger partial charge in [0.2, 0.25) is 0 Å². The van der Waals surface area contributed by atoms with E-state index in [1.54, 1.807) is 14.2 Å². The lowest BCUT2D eigenvalue weighted by Gasteiger charge is -2.28. The Morgan fingerprint density at radius 1 is 1.00 bits per heavy atom. The molecule has 2 aliphatic rings. The molecule has 1 aliphatic heterocycles. The fraction of sp³-hybridized carbons (Fsp3) is 0.393. The minimum atomic E-state index is 0.180. The van der Waals surface area contributed by atoms with Gasteiger partial charge in [0.25, 0.3) is 0 Å². The predicted octanol–water partition coefficient (Wildman–Crippen LogP) is 4.94. The van der Waals surface area contributed by atoms with Gasteiger partial charge in [0.05, 0.1) is 32.7 Å². The van der Waals surface area contributed by atoms with Gasteiger partial charge in [0.1, 0.15) is 0 Å². The molecule has 3 aromatic rings. The second-order valence-corrected chi connectivity index (χ2v) is 9.05. The first-order valence-corrected chi connectivity index (χ1v) is 12.1. The van der Waals surface area contributed by atoms with Crippen molar-refractivity contribution in [2.75, 3.05) is 27.3 Å². The third-order valence-electron chi connectivity index (χ3n) is 6.90. The third-order valence-corrected chi connectivity index (χ3v) is 6.90. The minimum absolute atomic E-state index is 0.180. The molecule has 34 heavy (non-hydrogen) atoms. The van der Waals surface area contributed by atoms with Crippen LogP contribution in [0.3, 0.4) is 0 Å². The van der Waals surface area contributed by atoms with Gasteiger partial charge in [-0.15, -0.1) is 0 Å². The number of nitrogens with one attached hydrogen (secondary N) is 1. The maximum Gasteiger partial charge on any atom is 0.164 e. The van der Waals surface area contributed by atoms with Gasteiger partial charge in [0.15, 0.2) is 11.5 Å². The highest BCUT2D eigenvalue weighted by molar-refractivity contribution is 5.67. The van der Waals surface area contributed by atoms with E-state index in [4.69, 9.17) is 14.3 Å². The zero-order chi connectivity index (χ0) is 23.3. The number of pyridine rings is 1. The second-order valence-electron chi connectivity index (χ2n) is 9.05. The fourth-order valence-corrected chi connectivity index (χ4v) is 4.81. The van der Waals surface area contributed by atoms with Gasteiger partial charge < -0.3 is 9.47 Å². The Morgan fingerprint density at radius 2 is 1.85 bits per heavy atom. The van der Waals surface area contributed by atoms with Crippen LogP contribution in [-0.2, 0) is 17.9 Å². The molecule has 6 nitrogen and oxygen atoms in total. The summed E-state index contributed by atoms with van der Waals surface area (Å²) in [6, 6.07) is 18.9. The van der Waals surface area contributed by atoms with Crippen molar-refractivity contribution >= 4 is 0 Å². The number of methoxy groups -OCH3 is 2. The number of hydroxylamine groups is 2. The minimum Gasteiger partial charge on any atom is -0.493 e. The van der Waals surface area contributed by atoms with Crippen molar-refractivity contribution in [2.45, 2.75) is 44.4 Å². The molecule has 2 aromatic carbocycles. The normalized spacial score (nSPS) is 18.6. The summed E-state index contributed by atoms with van der Waals surface area (Å²) < 4.78 is 11.4. The highest BCUT2D eigenvalue weighted by Gasteiger charge is 2.27. The van der Waals surface area contributed by atoms with Crippen molar-refractivity contribution < 1.29 is 14.3 Å². The smallest absolute Gasteiger partial charge is 0.164 e. The van der Waals surface area contributed by atoms with E-state index in [1.165, 1.54) is 30.4 Å². The van der Waals surface area contributed by atoms with Crippen molar-refractivity contribution in [2.24, 2.45) is 0 Å². The van der Waals surface area contributed by atoms with E-state index in [0.717, 1.165) is 47.8 Å². The molecule has 1 atom stereocenters. The molecule has 1 aliphatic carbocycles. The summed E-state index contributed by atoms with van der Waals surface area (Å²) in [7, 11) is 3.41. The van der Waals surface area contributed by atoms with E-state index in [1.807, 2.05) is 18.3 Å². The van der Waals surface area contributed by atoms with E-state index >= 15 is 0 Å². The van der Waals surface area contributed by atoms with Gasteiger partial charge in [-0.05, 0) is 54.2 Å². The van der Waals surface area contributed by atoms with E-state index in [9.17, 15) is 0 Å². The third kappa shape index (κ3) is 4.94. The van der Waals surface area contributed by atoms with Gasteiger partial charge in [-0.1, -0.05) is 36.8 Å². The number of hydrogen-bond acceptors (Lipinski definition) is 6. The molecular formula is C28H33N3O3. The zero-order valence-corrected chi connectivity index (χ0v) is 20.0. The summed E-state index contributed by atoms with van der Waals surface area (Å²) in [6.07, 6.45) is 6.60. The molecule has 178 valence electrons. The monoisotopic (exact) mass is 459 g/mol. The van der Waals surface area contributed by atoms with Crippen LogP contribution in [0, 0.1) is 0 Å². The van der Waals surface area contributed by atoms with E-state index in [0.29, 0.717) is 12.5 Å². The van der Waals surface area contributed by atoms with Gasteiger partial charge >= 0.3 is 0 Å². The Labute approximate surface area is 201 Å². The summed E-state index contributed by atoms with van der Waals surface area (Å²) in [5, 5.41) is 5.61. The lowest BCUT2D eigenvalue weighted by molar-refractivity contribution is -0.180. The molecule has 1 saturated heterocycles. The van der Waals surface area contributed by atoms with Crippen LogP contribution < -0.4 is 14.8 Å². The Morgan fingerprint density at radius 3 is 2.59 bits per heavy atom. The Hall–Kier alpha value is -2.93. The average molecular weight is 460 g/mol. The molecule has 0 amide bonds.